The minimum absolute atomic E-state index is 0.0315. The fourth-order valence-corrected chi connectivity index (χ4v) is 9.21. The van der Waals surface area contributed by atoms with Crippen LogP contribution >= 0.6 is 11.6 Å². The first kappa shape index (κ1) is 32.4. The molecule has 2 aromatic rings. The van der Waals surface area contributed by atoms with Crippen molar-refractivity contribution >= 4 is 33.2 Å². The highest BCUT2D eigenvalue weighted by Crippen LogP contribution is 2.47. The summed E-state index contributed by atoms with van der Waals surface area (Å²) in [6.07, 6.45) is 10.4. The van der Waals surface area contributed by atoms with Crippen LogP contribution in [0.15, 0.2) is 53.4 Å². The Morgan fingerprint density at radius 3 is 2.76 bits per heavy atom. The zero-order valence-electron chi connectivity index (χ0n) is 26.5. The highest BCUT2D eigenvalue weighted by atomic mass is 35.5. The van der Waals surface area contributed by atoms with E-state index in [1.807, 2.05) is 13.0 Å². The molecule has 8 nitrogen and oxygen atoms in total. The number of carbonyl (C=O) groups excluding carboxylic acids is 1. The fourth-order valence-electron chi connectivity index (χ4n) is 7.97. The van der Waals surface area contributed by atoms with Gasteiger partial charge in [0.15, 0.2) is 0 Å². The molecule has 1 fully saturated rings. The number of fused-ring (bicyclic) bond motifs is 4. The molecule has 2 heterocycles. The molecule has 0 unspecified atom stereocenters. The Bertz CT molecular complexity index is 1550. The number of methoxy groups -OCH3 is 2. The van der Waals surface area contributed by atoms with Gasteiger partial charge in [0.05, 0.1) is 23.3 Å². The Balaban J connectivity index is 1.42. The van der Waals surface area contributed by atoms with Gasteiger partial charge in [0, 0.05) is 50.3 Å². The third kappa shape index (κ3) is 6.51. The van der Waals surface area contributed by atoms with Crippen LogP contribution in [0.4, 0.5) is 5.69 Å². The Kier molecular flexibility index (Phi) is 9.53. The molecule has 10 heteroatoms. The topological polar surface area (TPSA) is 94.2 Å². The average molecular weight is 657 g/mol. The van der Waals surface area contributed by atoms with E-state index in [-0.39, 0.29) is 22.3 Å². The number of amides is 1. The highest BCUT2D eigenvalue weighted by molar-refractivity contribution is 7.90. The maximum absolute atomic E-state index is 13.7. The van der Waals surface area contributed by atoms with Gasteiger partial charge in [0.1, 0.15) is 5.75 Å². The number of anilines is 1. The first-order valence-electron chi connectivity index (χ1n) is 16.2. The van der Waals surface area contributed by atoms with Crippen molar-refractivity contribution < 1.29 is 27.4 Å². The highest BCUT2D eigenvalue weighted by Gasteiger charge is 2.44. The second-order valence-corrected chi connectivity index (χ2v) is 15.6. The van der Waals surface area contributed by atoms with E-state index in [2.05, 4.69) is 33.9 Å². The molecule has 2 aliphatic carbocycles. The Hall–Kier alpha value is -2.59. The monoisotopic (exact) mass is 656 g/mol. The van der Waals surface area contributed by atoms with E-state index >= 15 is 0 Å². The van der Waals surface area contributed by atoms with Gasteiger partial charge in [-0.15, -0.1) is 0 Å². The van der Waals surface area contributed by atoms with Crippen LogP contribution in [0.5, 0.6) is 5.75 Å². The molecule has 1 amide bonds. The number of benzene rings is 2. The average Bonchev–Trinajstić information content (AvgIpc) is 3.15. The molecular weight excluding hydrogens is 612 g/mol. The normalized spacial score (nSPS) is 31.2. The Morgan fingerprint density at radius 2 is 2.00 bits per heavy atom. The van der Waals surface area contributed by atoms with E-state index in [9.17, 15) is 13.2 Å². The van der Waals surface area contributed by atoms with Crippen LogP contribution in [0.3, 0.4) is 0 Å². The van der Waals surface area contributed by atoms with Gasteiger partial charge in [-0.05, 0) is 104 Å². The molecule has 1 spiro atoms. The fraction of sp³-hybridized carbons (Fsp3) is 0.571. The van der Waals surface area contributed by atoms with Crippen molar-refractivity contribution in [2.45, 2.75) is 68.3 Å². The summed E-state index contributed by atoms with van der Waals surface area (Å²) in [5.41, 5.74) is 3.00. The van der Waals surface area contributed by atoms with Gasteiger partial charge >= 0.3 is 0 Å². The summed E-state index contributed by atoms with van der Waals surface area (Å²) in [5, 5.41) is 0.736. The maximum Gasteiger partial charge on any atom is 0.264 e. The lowest BCUT2D eigenvalue weighted by atomic mass is 9.68. The number of allylic oxidation sites excluding steroid dienone is 1. The lowest BCUT2D eigenvalue weighted by molar-refractivity contribution is -0.125. The second kappa shape index (κ2) is 13.3. The zero-order valence-corrected chi connectivity index (χ0v) is 28.0. The SMILES string of the molecule is COCC[C@H]1C(=O)NS(=O)(=O)c2ccc3c(c2)N(C[C@@H]2CC[C@H]2[C@H](OC)C=CC[C@@H]1C)C[C@@]1(CCCc2cc(Cl)ccc21)CO3. The van der Waals surface area contributed by atoms with Gasteiger partial charge in [-0.2, -0.15) is 0 Å². The van der Waals surface area contributed by atoms with Crippen LogP contribution in [-0.4, -0.2) is 61.0 Å². The Labute approximate surface area is 272 Å². The molecule has 2 aliphatic heterocycles. The molecule has 2 aromatic carbocycles. The number of sulfonamides is 1. The summed E-state index contributed by atoms with van der Waals surface area (Å²) in [6.45, 7) is 4.28. The minimum atomic E-state index is -4.14. The minimum Gasteiger partial charge on any atom is -0.490 e. The maximum atomic E-state index is 13.7. The molecule has 1 N–H and O–H groups in total. The van der Waals surface area contributed by atoms with E-state index in [0.717, 1.165) is 49.4 Å². The number of halogens is 1. The largest absolute Gasteiger partial charge is 0.490 e. The van der Waals surface area contributed by atoms with Gasteiger partial charge in [-0.1, -0.05) is 36.7 Å². The molecule has 0 radical (unpaired) electrons. The second-order valence-electron chi connectivity index (χ2n) is 13.4. The number of ether oxygens (including phenoxy) is 3. The van der Waals surface area contributed by atoms with Crippen molar-refractivity contribution in [3.63, 3.8) is 0 Å². The van der Waals surface area contributed by atoms with E-state index in [4.69, 9.17) is 25.8 Å². The van der Waals surface area contributed by atoms with Crippen molar-refractivity contribution in [1.29, 1.82) is 0 Å². The summed E-state index contributed by atoms with van der Waals surface area (Å²) >= 11 is 6.42. The van der Waals surface area contributed by atoms with Crippen LogP contribution in [0.1, 0.15) is 56.6 Å². The van der Waals surface area contributed by atoms with Gasteiger partial charge in [0.25, 0.3) is 10.0 Å². The molecule has 2 bridgehead atoms. The van der Waals surface area contributed by atoms with Crippen molar-refractivity contribution in [1.82, 2.24) is 4.72 Å². The predicted molar refractivity (Wildman–Crippen MR) is 175 cm³/mol. The van der Waals surface area contributed by atoms with E-state index in [0.29, 0.717) is 50.2 Å². The summed E-state index contributed by atoms with van der Waals surface area (Å²) in [5.74, 6) is 0.238. The van der Waals surface area contributed by atoms with Crippen LogP contribution < -0.4 is 14.4 Å². The number of aryl methyl sites for hydroxylation is 1. The third-order valence-corrected chi connectivity index (χ3v) is 12.2. The molecule has 6 rings (SSSR count). The summed E-state index contributed by atoms with van der Waals surface area (Å²) in [7, 11) is -0.783. The van der Waals surface area contributed by atoms with Crippen molar-refractivity contribution in [3.8, 4) is 5.75 Å². The molecule has 1 saturated carbocycles. The molecule has 6 atom stereocenters. The lowest BCUT2D eigenvalue weighted by Gasteiger charge is -2.46. The molecule has 45 heavy (non-hydrogen) atoms. The lowest BCUT2D eigenvalue weighted by Crippen LogP contribution is -2.49. The Morgan fingerprint density at radius 1 is 1.16 bits per heavy atom. The first-order chi connectivity index (χ1) is 21.6. The zero-order chi connectivity index (χ0) is 31.8. The predicted octanol–water partition coefficient (Wildman–Crippen LogP) is 5.91. The molecule has 0 saturated heterocycles. The number of nitrogens with zero attached hydrogens (tertiary/aromatic N) is 1. The number of hydrogen-bond acceptors (Lipinski definition) is 7. The van der Waals surface area contributed by atoms with Gasteiger partial charge in [-0.25, -0.2) is 13.1 Å². The molecule has 244 valence electrons. The van der Waals surface area contributed by atoms with Crippen molar-refractivity contribution in [2.75, 3.05) is 45.4 Å². The van der Waals surface area contributed by atoms with Crippen LogP contribution in [0.2, 0.25) is 5.02 Å². The number of hydrogen-bond donors (Lipinski definition) is 1. The quantitative estimate of drug-likeness (QED) is 0.409. The molecule has 4 aliphatic rings. The summed E-state index contributed by atoms with van der Waals surface area (Å²) in [4.78, 5) is 15.9. The number of carbonyl (C=O) groups is 1. The van der Waals surface area contributed by atoms with Crippen LogP contribution in [0, 0.1) is 23.7 Å². The molecular formula is C35H45ClN2O6S. The van der Waals surface area contributed by atoms with E-state index in [1.54, 1.807) is 32.4 Å². The van der Waals surface area contributed by atoms with Crippen LogP contribution in [-0.2, 0) is 36.1 Å². The number of nitrogens with one attached hydrogen (secondary N) is 1. The van der Waals surface area contributed by atoms with Gasteiger partial charge in [0.2, 0.25) is 5.91 Å². The van der Waals surface area contributed by atoms with Gasteiger partial charge in [-0.3, -0.25) is 4.79 Å². The first-order valence-corrected chi connectivity index (χ1v) is 18.1. The third-order valence-electron chi connectivity index (χ3n) is 10.7. The standard InChI is InChI=1S/C35H45ClN2O6S/c1-23-6-4-8-32(43-3)29-12-9-25(29)20-38-21-35(16-5-7-24-18-26(36)10-13-30(24)35)22-44-33-14-11-27(19-31(33)38)45(40,41)37-34(39)28(23)15-17-42-2/h4,8,10-11,13-14,18-19,23,25,28-29,32H,5-7,9,12,15-17,20-22H2,1-3H3,(H,37,39)/t23-,25-,28+,29+,32+,35-/m0/s1. The number of rotatable bonds is 4. The van der Waals surface area contributed by atoms with Gasteiger partial charge < -0.3 is 19.1 Å². The van der Waals surface area contributed by atoms with Crippen molar-refractivity contribution in [2.24, 2.45) is 23.7 Å². The van der Waals surface area contributed by atoms with Crippen LogP contribution in [0.25, 0.3) is 0 Å². The molecule has 0 aromatic heterocycles. The smallest absolute Gasteiger partial charge is 0.264 e. The van der Waals surface area contributed by atoms with Crippen molar-refractivity contribution in [3.05, 3.63) is 64.7 Å². The summed E-state index contributed by atoms with van der Waals surface area (Å²) in [6, 6.07) is 11.2. The summed E-state index contributed by atoms with van der Waals surface area (Å²) < 4.78 is 47.8. The van der Waals surface area contributed by atoms with E-state index in [1.165, 1.54) is 11.1 Å². The van der Waals surface area contributed by atoms with E-state index < -0.39 is 21.8 Å².